The average molecular weight is 327 g/mol. The van der Waals surface area contributed by atoms with Crippen molar-refractivity contribution >= 4 is 16.0 Å². The van der Waals surface area contributed by atoms with Gasteiger partial charge in [-0.2, -0.15) is 4.31 Å². The fraction of sp³-hybridized carbons (Fsp3) is 0.714. The molecule has 1 saturated heterocycles. The van der Waals surface area contributed by atoms with E-state index in [9.17, 15) is 18.3 Å². The van der Waals surface area contributed by atoms with E-state index in [2.05, 4.69) is 4.98 Å². The molecule has 2 aliphatic rings. The first kappa shape index (κ1) is 15.5. The summed E-state index contributed by atoms with van der Waals surface area (Å²) in [4.78, 5) is 15.7. The number of hydrogen-bond acceptors (Lipinski definition) is 4. The van der Waals surface area contributed by atoms with Crippen molar-refractivity contribution in [3.05, 3.63) is 12.0 Å². The molecular formula is C14H21N3O4S. The minimum atomic E-state index is -3.88. The number of nitrogens with zero attached hydrogens (tertiary/aromatic N) is 3. The van der Waals surface area contributed by atoms with Crippen molar-refractivity contribution < 1.29 is 18.3 Å². The van der Waals surface area contributed by atoms with Crippen molar-refractivity contribution in [2.75, 3.05) is 0 Å². The molecule has 0 radical (unpaired) electrons. The van der Waals surface area contributed by atoms with Crippen molar-refractivity contribution in [1.29, 1.82) is 0 Å². The lowest BCUT2D eigenvalue weighted by atomic mass is 9.85. The first-order chi connectivity index (χ1) is 10.3. The van der Waals surface area contributed by atoms with Crippen LogP contribution in [0.2, 0.25) is 0 Å². The molecule has 1 aromatic heterocycles. The van der Waals surface area contributed by atoms with Crippen molar-refractivity contribution in [1.82, 2.24) is 13.9 Å². The summed E-state index contributed by atoms with van der Waals surface area (Å²) >= 11 is 0. The molecule has 8 heteroatoms. The zero-order valence-corrected chi connectivity index (χ0v) is 13.6. The number of sulfonamides is 1. The molecule has 3 atom stereocenters. The summed E-state index contributed by atoms with van der Waals surface area (Å²) in [5, 5.41) is 9.42. The maximum Gasteiger partial charge on any atom is 0.322 e. The summed E-state index contributed by atoms with van der Waals surface area (Å²) < 4.78 is 28.8. The van der Waals surface area contributed by atoms with E-state index in [0.717, 1.165) is 25.7 Å². The van der Waals surface area contributed by atoms with Gasteiger partial charge < -0.3 is 9.67 Å². The highest BCUT2D eigenvalue weighted by atomic mass is 32.2. The number of aromatic nitrogens is 2. The second-order valence-electron chi connectivity index (χ2n) is 6.27. The number of hydrogen-bond donors (Lipinski definition) is 1. The molecule has 3 unspecified atom stereocenters. The molecular weight excluding hydrogens is 306 g/mol. The largest absolute Gasteiger partial charge is 0.480 e. The predicted molar refractivity (Wildman–Crippen MR) is 78.8 cm³/mol. The van der Waals surface area contributed by atoms with E-state index in [1.165, 1.54) is 10.5 Å². The van der Waals surface area contributed by atoms with Gasteiger partial charge in [0.25, 0.3) is 10.0 Å². The lowest BCUT2D eigenvalue weighted by Crippen LogP contribution is -2.46. The molecule has 2 heterocycles. The van der Waals surface area contributed by atoms with Gasteiger partial charge in [-0.3, -0.25) is 4.79 Å². The molecule has 0 aromatic carbocycles. The maximum atomic E-state index is 13.0. The minimum absolute atomic E-state index is 0.0510. The normalized spacial score (nSPS) is 29.5. The summed E-state index contributed by atoms with van der Waals surface area (Å²) in [6.45, 7) is 1.72. The molecule has 1 aromatic rings. The van der Waals surface area contributed by atoms with Gasteiger partial charge in [0.2, 0.25) is 0 Å². The molecule has 0 amide bonds. The zero-order valence-electron chi connectivity index (χ0n) is 12.8. The topological polar surface area (TPSA) is 92.5 Å². The monoisotopic (exact) mass is 327 g/mol. The minimum Gasteiger partial charge on any atom is -0.480 e. The van der Waals surface area contributed by atoms with Gasteiger partial charge in [-0.15, -0.1) is 0 Å². The van der Waals surface area contributed by atoms with Crippen LogP contribution in [0.1, 0.15) is 37.9 Å². The number of carbonyl (C=O) groups is 1. The molecule has 2 fully saturated rings. The van der Waals surface area contributed by atoms with Gasteiger partial charge in [-0.1, -0.05) is 12.8 Å². The number of aliphatic carboxylic acids is 1. The summed E-state index contributed by atoms with van der Waals surface area (Å²) in [5.41, 5.74) is 0. The van der Waals surface area contributed by atoms with Crippen LogP contribution < -0.4 is 0 Å². The summed E-state index contributed by atoms with van der Waals surface area (Å²) in [6, 6.07) is -1.18. The Balaban J connectivity index is 2.03. The van der Waals surface area contributed by atoms with Crippen molar-refractivity contribution in [2.24, 2.45) is 13.0 Å². The van der Waals surface area contributed by atoms with E-state index < -0.39 is 22.0 Å². The van der Waals surface area contributed by atoms with Crippen LogP contribution in [-0.4, -0.2) is 45.4 Å². The van der Waals surface area contributed by atoms with Crippen LogP contribution in [0.5, 0.6) is 0 Å². The van der Waals surface area contributed by atoms with Crippen molar-refractivity contribution in [3.63, 3.8) is 0 Å². The van der Waals surface area contributed by atoms with Gasteiger partial charge >= 0.3 is 5.97 Å². The predicted octanol–water partition coefficient (Wildman–Crippen LogP) is 1.13. The van der Waals surface area contributed by atoms with E-state index in [-0.39, 0.29) is 17.0 Å². The Morgan fingerprint density at radius 3 is 2.64 bits per heavy atom. The number of aryl methyl sites for hydroxylation is 2. The van der Waals surface area contributed by atoms with Gasteiger partial charge in [-0.25, -0.2) is 13.4 Å². The van der Waals surface area contributed by atoms with Crippen molar-refractivity contribution in [2.45, 2.75) is 56.1 Å². The molecule has 0 bridgehead atoms. The number of carboxylic acid groups (broad SMARTS) is 1. The molecule has 1 saturated carbocycles. The summed E-state index contributed by atoms with van der Waals surface area (Å²) in [5.74, 6) is -0.329. The average Bonchev–Trinajstić information content (AvgIpc) is 3.01. The van der Waals surface area contributed by atoms with E-state index in [0.29, 0.717) is 12.2 Å². The molecule has 1 aliphatic carbocycles. The number of carboxylic acids is 1. The van der Waals surface area contributed by atoms with E-state index in [1.54, 1.807) is 18.5 Å². The van der Waals surface area contributed by atoms with E-state index >= 15 is 0 Å². The highest BCUT2D eigenvalue weighted by Gasteiger charge is 2.51. The van der Waals surface area contributed by atoms with Crippen molar-refractivity contribution in [3.8, 4) is 0 Å². The zero-order chi connectivity index (χ0) is 16.1. The first-order valence-electron chi connectivity index (χ1n) is 7.58. The fourth-order valence-electron chi connectivity index (χ4n) is 3.73. The van der Waals surface area contributed by atoms with Crippen LogP contribution in [0.15, 0.2) is 11.2 Å². The molecule has 0 spiro atoms. The lowest BCUT2D eigenvalue weighted by molar-refractivity contribution is -0.141. The summed E-state index contributed by atoms with van der Waals surface area (Å²) in [7, 11) is -2.16. The maximum absolute atomic E-state index is 13.0. The molecule has 7 nitrogen and oxygen atoms in total. The molecule has 22 heavy (non-hydrogen) atoms. The lowest BCUT2D eigenvalue weighted by Gasteiger charge is -2.31. The SMILES string of the molecule is Cc1nc(S(=O)(=O)N2C(C(=O)O)CC3CCCCC32)cn1C. The first-order valence-corrected chi connectivity index (χ1v) is 9.02. The number of fused-ring (bicyclic) bond motifs is 1. The van der Waals surface area contributed by atoms with E-state index in [1.807, 2.05) is 0 Å². The molecule has 3 rings (SSSR count). The third kappa shape index (κ3) is 2.34. The Morgan fingerprint density at radius 1 is 1.36 bits per heavy atom. The smallest absolute Gasteiger partial charge is 0.322 e. The van der Waals surface area contributed by atoms with Crippen LogP contribution in [0.25, 0.3) is 0 Å². The second kappa shape index (κ2) is 5.34. The van der Waals surface area contributed by atoms with Gasteiger partial charge in [0.05, 0.1) is 0 Å². The van der Waals surface area contributed by atoms with Gasteiger partial charge in [0.15, 0.2) is 5.03 Å². The van der Waals surface area contributed by atoms with Gasteiger partial charge in [0, 0.05) is 19.3 Å². The second-order valence-corrected chi connectivity index (χ2v) is 8.06. The quantitative estimate of drug-likeness (QED) is 0.898. The third-order valence-electron chi connectivity index (χ3n) is 4.94. The van der Waals surface area contributed by atoms with Gasteiger partial charge in [-0.05, 0) is 32.1 Å². The summed E-state index contributed by atoms with van der Waals surface area (Å²) in [6.07, 6.45) is 5.50. The number of imidazole rings is 1. The molecule has 1 N–H and O–H groups in total. The fourth-order valence-corrected chi connectivity index (χ4v) is 5.63. The Labute approximate surface area is 130 Å². The highest BCUT2D eigenvalue weighted by Crippen LogP contribution is 2.42. The van der Waals surface area contributed by atoms with Crippen LogP contribution in [0.4, 0.5) is 0 Å². The molecule has 122 valence electrons. The molecule has 1 aliphatic heterocycles. The van der Waals surface area contributed by atoms with E-state index in [4.69, 9.17) is 0 Å². The highest BCUT2D eigenvalue weighted by molar-refractivity contribution is 7.89. The van der Waals surface area contributed by atoms with Crippen LogP contribution in [0, 0.1) is 12.8 Å². The van der Waals surface area contributed by atoms with Crippen LogP contribution in [-0.2, 0) is 21.9 Å². The van der Waals surface area contributed by atoms with Gasteiger partial charge in [0.1, 0.15) is 11.9 Å². The van der Waals surface area contributed by atoms with Crippen LogP contribution in [0.3, 0.4) is 0 Å². The third-order valence-corrected chi connectivity index (χ3v) is 6.75. The number of rotatable bonds is 3. The Bertz CT molecular complexity index is 677. The Morgan fingerprint density at radius 2 is 2.05 bits per heavy atom. The van der Waals surface area contributed by atoms with Crippen LogP contribution >= 0.6 is 0 Å². The standard InChI is InChI=1S/C14H21N3O4S/c1-9-15-13(8-16(9)2)22(20,21)17-11-6-4-3-5-10(11)7-12(17)14(18)19/h8,10-12H,3-7H2,1-2H3,(H,18,19). The Kier molecular flexibility index (Phi) is 3.76. The Hall–Kier alpha value is -1.41.